The van der Waals surface area contributed by atoms with Gasteiger partial charge in [0.2, 0.25) is 12.6 Å². The van der Waals surface area contributed by atoms with Crippen molar-refractivity contribution in [2.24, 2.45) is 17.3 Å². The van der Waals surface area contributed by atoms with Crippen LogP contribution in [0.3, 0.4) is 0 Å². The first-order valence-electron chi connectivity index (χ1n) is 17.2. The summed E-state index contributed by atoms with van der Waals surface area (Å²) < 4.78 is 20.2. The number of phenolic OH excluding ortho intramolecular Hbond substituents is 1. The van der Waals surface area contributed by atoms with Crippen LogP contribution in [0.25, 0.3) is 0 Å². The van der Waals surface area contributed by atoms with Crippen LogP contribution < -0.4 is 4.90 Å². The van der Waals surface area contributed by atoms with E-state index in [1.165, 1.54) is 16.9 Å². The van der Waals surface area contributed by atoms with E-state index >= 15 is 0 Å². The van der Waals surface area contributed by atoms with E-state index in [0.29, 0.717) is 11.3 Å². The van der Waals surface area contributed by atoms with Crippen molar-refractivity contribution in [3.63, 3.8) is 0 Å². The quantitative estimate of drug-likeness (QED) is 0.0988. The molecule has 3 aliphatic rings. The van der Waals surface area contributed by atoms with Crippen LogP contribution in [0.5, 0.6) is 5.75 Å². The van der Waals surface area contributed by atoms with Crippen molar-refractivity contribution in [1.29, 1.82) is 0 Å². The fourth-order valence-corrected chi connectivity index (χ4v) is 7.51. The van der Waals surface area contributed by atoms with E-state index in [0.717, 1.165) is 6.92 Å². The first-order chi connectivity index (χ1) is 24.7. The largest absolute Gasteiger partial charge is 0.510 e. The summed E-state index contributed by atoms with van der Waals surface area (Å²) in [6, 6.07) is 0.614. The van der Waals surface area contributed by atoms with Gasteiger partial charge in [-0.3, -0.25) is 19.3 Å². The molecular weight excluding hydrogens is 694 g/mol. The van der Waals surface area contributed by atoms with Gasteiger partial charge in [-0.25, -0.2) is 9.59 Å². The number of Topliss-reactive ketones (excluding diaryl/α,β-unsaturated/α-hetero) is 3. The minimum atomic E-state index is -2.70. The number of aromatic hydroxyl groups is 1. The van der Waals surface area contributed by atoms with Gasteiger partial charge in [0.05, 0.1) is 31.4 Å². The van der Waals surface area contributed by atoms with Gasteiger partial charge in [-0.1, -0.05) is 20.8 Å². The molecule has 0 heterocycles. The fourth-order valence-electron chi connectivity index (χ4n) is 7.51. The monoisotopic (exact) mass is 745 g/mol. The van der Waals surface area contributed by atoms with Crippen LogP contribution in [0.15, 0.2) is 28.7 Å². The second kappa shape index (κ2) is 15.8. The van der Waals surface area contributed by atoms with Gasteiger partial charge in [0.25, 0.3) is 0 Å². The maximum Gasteiger partial charge on any atom is 0.412 e. The summed E-state index contributed by atoms with van der Waals surface area (Å²) in [5, 5.41) is 46.6. The highest BCUT2D eigenvalue weighted by Crippen LogP contribution is 2.53. The maximum absolute atomic E-state index is 14.5. The normalized spacial score (nSPS) is 22.7. The lowest BCUT2D eigenvalue weighted by Gasteiger charge is -2.50. The zero-order valence-corrected chi connectivity index (χ0v) is 31.8. The molecule has 1 amide bonds. The zero-order valence-electron chi connectivity index (χ0n) is 31.8. The predicted molar refractivity (Wildman–Crippen MR) is 189 cm³/mol. The SMILES string of the molecule is COCCOCC(=O)OCOC(=O)N(Cc1cc(N(C)C)c2c(c1O)C(=O)C1=C(O)[C@]3(O)C(=O)C(C(C)=O)=C(O)[C@@H](N(C)C)[C@@H]3C[C@@H]1C2)CC(C)(C)C. The van der Waals surface area contributed by atoms with Crippen molar-refractivity contribution in [3.05, 3.63) is 45.4 Å². The number of esters is 1. The molecule has 4 atom stereocenters. The van der Waals surface area contributed by atoms with Crippen LogP contribution in [-0.4, -0.2) is 140 Å². The van der Waals surface area contributed by atoms with Crippen LogP contribution >= 0.6 is 0 Å². The summed E-state index contributed by atoms with van der Waals surface area (Å²) >= 11 is 0. The van der Waals surface area contributed by atoms with Crippen LogP contribution in [0, 0.1) is 17.3 Å². The van der Waals surface area contributed by atoms with Gasteiger partial charge in [0.1, 0.15) is 29.4 Å². The molecule has 0 fully saturated rings. The first-order valence-corrected chi connectivity index (χ1v) is 17.2. The Labute approximate surface area is 308 Å². The van der Waals surface area contributed by atoms with Gasteiger partial charge in [-0.05, 0) is 56.8 Å². The van der Waals surface area contributed by atoms with Crippen LogP contribution in [0.1, 0.15) is 55.6 Å². The van der Waals surface area contributed by atoms with E-state index < -0.39 is 87.9 Å². The summed E-state index contributed by atoms with van der Waals surface area (Å²) in [5.41, 5.74) is -3.13. The fraction of sp³-hybridized carbons (Fsp3) is 0.595. The summed E-state index contributed by atoms with van der Waals surface area (Å²) in [6.45, 7) is 5.95. The lowest BCUT2D eigenvalue weighted by molar-refractivity contribution is -0.158. The molecule has 0 bridgehead atoms. The molecule has 1 aromatic rings. The lowest BCUT2D eigenvalue weighted by atomic mass is 9.58. The van der Waals surface area contributed by atoms with Gasteiger partial charge in [0.15, 0.2) is 17.2 Å². The van der Waals surface area contributed by atoms with Gasteiger partial charge in [-0.2, -0.15) is 0 Å². The molecule has 16 nitrogen and oxygen atoms in total. The summed E-state index contributed by atoms with van der Waals surface area (Å²) in [6.07, 6.45) is -0.774. The van der Waals surface area contributed by atoms with Crippen molar-refractivity contribution in [2.75, 3.05) is 73.4 Å². The molecule has 0 saturated carbocycles. The molecule has 0 aliphatic heterocycles. The Balaban J connectivity index is 1.73. The number of amides is 1. The number of likely N-dealkylation sites (N-methyl/N-ethyl adjacent to an activating group) is 1. The summed E-state index contributed by atoms with van der Waals surface area (Å²) in [5.74, 6) is -7.37. The number of anilines is 1. The van der Waals surface area contributed by atoms with Crippen molar-refractivity contribution in [3.8, 4) is 5.75 Å². The van der Waals surface area contributed by atoms with Crippen LogP contribution in [0.2, 0.25) is 0 Å². The molecule has 0 unspecified atom stereocenters. The number of benzene rings is 1. The number of aliphatic hydroxyl groups excluding tert-OH is 2. The molecule has 3 aliphatic carbocycles. The highest BCUT2D eigenvalue weighted by atomic mass is 16.7. The molecule has 1 aromatic carbocycles. The lowest BCUT2D eigenvalue weighted by Crippen LogP contribution is -2.63. The van der Waals surface area contributed by atoms with E-state index in [-0.39, 0.29) is 62.5 Å². The molecule has 292 valence electrons. The molecular formula is C37H51N3O13. The summed E-state index contributed by atoms with van der Waals surface area (Å²) in [7, 11) is 8.17. The number of hydrogen-bond acceptors (Lipinski definition) is 15. The van der Waals surface area contributed by atoms with Crippen molar-refractivity contribution in [2.45, 2.75) is 58.7 Å². The van der Waals surface area contributed by atoms with Crippen LogP contribution in [-0.2, 0) is 46.3 Å². The topological polar surface area (TPSA) is 213 Å². The Morgan fingerprint density at radius 3 is 2.25 bits per heavy atom. The number of nitrogens with zero attached hydrogens (tertiary/aromatic N) is 3. The molecule has 4 N–H and O–H groups in total. The standard InChI is InChI=1S/C37H51N3O13/c1-19(41)26-32(45)29(39(7)8)23-13-20-12-22-24(38(5)6)14-21(30(43)28(22)31(44)27(20)34(47)37(23,49)33(26)46)15-40(17-36(2,3)4)35(48)53-18-52-25(42)16-51-11-10-50-9/h14,20,23,29,43,45,47,49H,10-13,15-18H2,1-9H3/t20-,23-,29-,37+/m0/s1. The second-order valence-electron chi connectivity index (χ2n) is 15.3. The molecule has 0 aromatic heterocycles. The second-order valence-corrected chi connectivity index (χ2v) is 15.3. The average molecular weight is 746 g/mol. The number of carbonyl (C=O) groups excluding carboxylic acids is 5. The number of aliphatic hydroxyl groups is 3. The Kier molecular flexibility index (Phi) is 12.3. The van der Waals surface area contributed by atoms with E-state index in [4.69, 9.17) is 18.9 Å². The Hall–Kier alpha value is -4.51. The number of allylic oxidation sites excluding steroid dienone is 1. The highest BCUT2D eigenvalue weighted by molar-refractivity contribution is 6.25. The molecule has 16 heteroatoms. The number of hydrogen-bond donors (Lipinski definition) is 4. The zero-order chi connectivity index (χ0) is 39.7. The number of fused-ring (bicyclic) bond motifs is 3. The third kappa shape index (κ3) is 8.05. The van der Waals surface area contributed by atoms with E-state index in [2.05, 4.69) is 0 Å². The summed E-state index contributed by atoms with van der Waals surface area (Å²) in [4.78, 5) is 70.6. The third-order valence-electron chi connectivity index (χ3n) is 9.70. The highest BCUT2D eigenvalue weighted by Gasteiger charge is 2.63. The van der Waals surface area contributed by atoms with Crippen molar-refractivity contribution < 1.29 is 63.3 Å². The minimum Gasteiger partial charge on any atom is -0.510 e. The molecule has 0 spiro atoms. The Morgan fingerprint density at radius 1 is 1.02 bits per heavy atom. The molecule has 53 heavy (non-hydrogen) atoms. The van der Waals surface area contributed by atoms with Gasteiger partial charge < -0.3 is 49.2 Å². The Bertz CT molecular complexity index is 1720. The Morgan fingerprint density at radius 2 is 1.68 bits per heavy atom. The van der Waals surface area contributed by atoms with Gasteiger partial charge >= 0.3 is 12.1 Å². The maximum atomic E-state index is 14.5. The number of rotatable bonds is 13. The average Bonchev–Trinajstić information content (AvgIpc) is 3.04. The molecule has 4 rings (SSSR count). The van der Waals surface area contributed by atoms with E-state index in [9.17, 15) is 44.4 Å². The molecule has 0 radical (unpaired) electrons. The smallest absolute Gasteiger partial charge is 0.412 e. The number of carbonyl (C=O) groups is 5. The number of phenols is 1. The number of ketones is 3. The van der Waals surface area contributed by atoms with Gasteiger partial charge in [-0.15, -0.1) is 0 Å². The van der Waals surface area contributed by atoms with E-state index in [1.54, 1.807) is 39.2 Å². The van der Waals surface area contributed by atoms with Gasteiger partial charge in [0, 0.05) is 50.5 Å². The van der Waals surface area contributed by atoms with Crippen molar-refractivity contribution >= 4 is 35.1 Å². The first kappa shape index (κ1) is 41.2. The molecule has 0 saturated heterocycles. The predicted octanol–water partition coefficient (Wildman–Crippen LogP) is 2.44. The number of ether oxygens (including phenoxy) is 4. The minimum absolute atomic E-state index is 0.0185. The third-order valence-corrected chi connectivity index (χ3v) is 9.70. The van der Waals surface area contributed by atoms with Crippen LogP contribution in [0.4, 0.5) is 10.5 Å². The van der Waals surface area contributed by atoms with E-state index in [1.807, 2.05) is 20.8 Å². The van der Waals surface area contributed by atoms with Crippen molar-refractivity contribution in [1.82, 2.24) is 9.80 Å². The number of methoxy groups -OCH3 is 1.